The Bertz CT molecular complexity index is 711. The summed E-state index contributed by atoms with van der Waals surface area (Å²) in [4.78, 5) is 14.6. The smallest absolute Gasteiger partial charge is 0.287 e. The molecule has 0 aliphatic rings. The van der Waals surface area contributed by atoms with E-state index in [2.05, 4.69) is 30.1 Å². The van der Waals surface area contributed by atoms with E-state index in [0.717, 1.165) is 27.7 Å². The van der Waals surface area contributed by atoms with Crippen molar-refractivity contribution in [2.75, 3.05) is 20.6 Å². The molecule has 0 bridgehead atoms. The normalized spacial score (nSPS) is 12.2. The van der Waals surface area contributed by atoms with Gasteiger partial charge in [-0.15, -0.1) is 0 Å². The lowest BCUT2D eigenvalue weighted by Crippen LogP contribution is -2.48. The van der Waals surface area contributed by atoms with E-state index in [1.165, 1.54) is 0 Å². The summed E-state index contributed by atoms with van der Waals surface area (Å²) in [6.45, 7) is 10.7. The van der Waals surface area contributed by atoms with Crippen LogP contribution in [-0.4, -0.2) is 37.0 Å². The van der Waals surface area contributed by atoms with Gasteiger partial charge in [-0.2, -0.15) is 0 Å². The molecule has 0 saturated carbocycles. The summed E-state index contributed by atoms with van der Waals surface area (Å²) in [5.74, 6) is 0.268. The van der Waals surface area contributed by atoms with Crippen molar-refractivity contribution >= 4 is 16.9 Å². The summed E-state index contributed by atoms with van der Waals surface area (Å²) in [6.07, 6.45) is 0. The second-order valence-corrected chi connectivity index (χ2v) is 6.85. The summed E-state index contributed by atoms with van der Waals surface area (Å²) in [5.41, 5.74) is 3.80. The Balaban J connectivity index is 2.32. The van der Waals surface area contributed by atoms with Crippen molar-refractivity contribution in [1.29, 1.82) is 0 Å². The van der Waals surface area contributed by atoms with Gasteiger partial charge >= 0.3 is 0 Å². The number of carbonyl (C=O) groups is 1. The van der Waals surface area contributed by atoms with Gasteiger partial charge in [0.15, 0.2) is 5.76 Å². The number of amides is 1. The Kier molecular flexibility index (Phi) is 4.34. The molecule has 1 aromatic heterocycles. The SMILES string of the molecule is Cc1ccc(C)c2c(C)c(C(=O)NCC(C)(C)N(C)C)oc12. The lowest BCUT2D eigenvalue weighted by molar-refractivity contribution is 0.0893. The van der Waals surface area contributed by atoms with Crippen LogP contribution in [0.25, 0.3) is 11.0 Å². The van der Waals surface area contributed by atoms with E-state index in [9.17, 15) is 4.79 Å². The van der Waals surface area contributed by atoms with E-state index >= 15 is 0 Å². The molecule has 4 heteroatoms. The topological polar surface area (TPSA) is 45.5 Å². The maximum Gasteiger partial charge on any atom is 0.287 e. The number of carbonyl (C=O) groups excluding carboxylic acids is 1. The molecular weight excluding hydrogens is 276 g/mol. The molecule has 2 aromatic rings. The Morgan fingerprint density at radius 2 is 1.77 bits per heavy atom. The zero-order valence-corrected chi connectivity index (χ0v) is 14.6. The third kappa shape index (κ3) is 2.88. The molecule has 0 radical (unpaired) electrons. The lowest BCUT2D eigenvalue weighted by atomic mass is 10.0. The Hall–Kier alpha value is -1.81. The molecule has 1 aromatic carbocycles. The van der Waals surface area contributed by atoms with Gasteiger partial charge in [0, 0.05) is 23.0 Å². The van der Waals surface area contributed by atoms with Crippen molar-refractivity contribution in [3.63, 3.8) is 0 Å². The van der Waals surface area contributed by atoms with Crippen LogP contribution in [0.5, 0.6) is 0 Å². The average Bonchev–Trinajstić information content (AvgIpc) is 2.79. The quantitative estimate of drug-likeness (QED) is 0.941. The molecule has 120 valence electrons. The van der Waals surface area contributed by atoms with Crippen molar-refractivity contribution in [1.82, 2.24) is 10.2 Å². The molecule has 1 amide bonds. The monoisotopic (exact) mass is 302 g/mol. The van der Waals surface area contributed by atoms with Crippen molar-refractivity contribution in [3.05, 3.63) is 34.6 Å². The van der Waals surface area contributed by atoms with Crippen molar-refractivity contribution in [3.8, 4) is 0 Å². The van der Waals surface area contributed by atoms with Crippen LogP contribution in [0, 0.1) is 20.8 Å². The molecule has 0 unspecified atom stereocenters. The maximum atomic E-state index is 12.5. The van der Waals surface area contributed by atoms with Crippen LogP contribution in [0.1, 0.15) is 41.1 Å². The van der Waals surface area contributed by atoms with Gasteiger partial charge in [-0.25, -0.2) is 0 Å². The highest BCUT2D eigenvalue weighted by Crippen LogP contribution is 2.30. The fourth-order valence-corrected chi connectivity index (χ4v) is 2.43. The van der Waals surface area contributed by atoms with Gasteiger partial charge in [0.25, 0.3) is 5.91 Å². The van der Waals surface area contributed by atoms with Crippen LogP contribution in [-0.2, 0) is 0 Å². The first-order valence-corrected chi connectivity index (χ1v) is 7.60. The summed E-state index contributed by atoms with van der Waals surface area (Å²) < 4.78 is 5.87. The highest BCUT2D eigenvalue weighted by atomic mass is 16.3. The van der Waals surface area contributed by atoms with Gasteiger partial charge in [0.2, 0.25) is 0 Å². The molecular formula is C18H26N2O2. The molecule has 0 aliphatic carbocycles. The zero-order chi connectivity index (χ0) is 16.7. The van der Waals surface area contributed by atoms with Crippen molar-refractivity contribution < 1.29 is 9.21 Å². The molecule has 4 nitrogen and oxygen atoms in total. The second-order valence-electron chi connectivity index (χ2n) is 6.85. The van der Waals surface area contributed by atoms with Crippen LogP contribution in [0.15, 0.2) is 16.5 Å². The zero-order valence-electron chi connectivity index (χ0n) is 14.6. The van der Waals surface area contributed by atoms with Crippen LogP contribution < -0.4 is 5.32 Å². The first-order chi connectivity index (χ1) is 10.1. The lowest BCUT2D eigenvalue weighted by Gasteiger charge is -2.32. The summed E-state index contributed by atoms with van der Waals surface area (Å²) in [7, 11) is 4.01. The number of likely N-dealkylation sites (N-methyl/N-ethyl adjacent to an activating group) is 1. The Labute approximate surface area is 132 Å². The highest BCUT2D eigenvalue weighted by Gasteiger charge is 2.24. The number of hydrogen-bond donors (Lipinski definition) is 1. The molecule has 0 saturated heterocycles. The third-order valence-electron chi connectivity index (χ3n) is 4.58. The number of hydrogen-bond acceptors (Lipinski definition) is 3. The summed E-state index contributed by atoms with van der Waals surface area (Å²) >= 11 is 0. The predicted octanol–water partition coefficient (Wildman–Crippen LogP) is 3.43. The van der Waals surface area contributed by atoms with E-state index in [1.54, 1.807) is 0 Å². The number of furan rings is 1. The molecule has 1 N–H and O–H groups in total. The van der Waals surface area contributed by atoms with Gasteiger partial charge in [0.1, 0.15) is 5.58 Å². The predicted molar refractivity (Wildman–Crippen MR) is 90.5 cm³/mol. The minimum Gasteiger partial charge on any atom is -0.450 e. The van der Waals surface area contributed by atoms with E-state index in [-0.39, 0.29) is 11.4 Å². The average molecular weight is 302 g/mol. The van der Waals surface area contributed by atoms with Gasteiger partial charge < -0.3 is 14.6 Å². The standard InChI is InChI=1S/C18H26N2O2/c1-11-8-9-12(2)15-14(11)13(3)16(22-15)17(21)19-10-18(4,5)20(6)7/h8-9H,10H2,1-7H3,(H,19,21). The summed E-state index contributed by atoms with van der Waals surface area (Å²) in [5, 5.41) is 4.04. The largest absolute Gasteiger partial charge is 0.450 e. The second kappa shape index (κ2) is 5.76. The van der Waals surface area contributed by atoms with Crippen LogP contribution >= 0.6 is 0 Å². The summed E-state index contributed by atoms with van der Waals surface area (Å²) in [6, 6.07) is 4.09. The maximum absolute atomic E-state index is 12.5. The van der Waals surface area contributed by atoms with Gasteiger partial charge in [0.05, 0.1) is 0 Å². The van der Waals surface area contributed by atoms with Crippen LogP contribution in [0.4, 0.5) is 0 Å². The number of fused-ring (bicyclic) bond motifs is 1. The molecule has 0 atom stereocenters. The van der Waals surface area contributed by atoms with Crippen molar-refractivity contribution in [2.45, 2.75) is 40.2 Å². The van der Waals surface area contributed by atoms with Gasteiger partial charge in [-0.3, -0.25) is 4.79 Å². The van der Waals surface area contributed by atoms with Crippen LogP contribution in [0.3, 0.4) is 0 Å². The highest BCUT2D eigenvalue weighted by molar-refractivity contribution is 6.00. The number of rotatable bonds is 4. The first kappa shape index (κ1) is 16.6. The number of nitrogens with one attached hydrogen (secondary N) is 1. The molecule has 0 fully saturated rings. The Morgan fingerprint density at radius 1 is 1.18 bits per heavy atom. The van der Waals surface area contributed by atoms with Crippen molar-refractivity contribution in [2.24, 2.45) is 0 Å². The Morgan fingerprint density at radius 3 is 2.32 bits per heavy atom. The number of aryl methyl sites for hydroxylation is 3. The molecule has 1 heterocycles. The van der Waals surface area contributed by atoms with E-state index in [1.807, 2.05) is 40.9 Å². The first-order valence-electron chi connectivity index (χ1n) is 7.60. The third-order valence-corrected chi connectivity index (χ3v) is 4.58. The minimum atomic E-state index is -0.151. The minimum absolute atomic E-state index is 0.110. The van der Waals surface area contributed by atoms with E-state index in [4.69, 9.17) is 4.42 Å². The van der Waals surface area contributed by atoms with E-state index in [0.29, 0.717) is 12.3 Å². The number of benzene rings is 1. The van der Waals surface area contributed by atoms with Crippen LogP contribution in [0.2, 0.25) is 0 Å². The molecule has 0 aliphatic heterocycles. The molecule has 0 spiro atoms. The van der Waals surface area contributed by atoms with Gasteiger partial charge in [-0.1, -0.05) is 12.1 Å². The van der Waals surface area contributed by atoms with Gasteiger partial charge in [-0.05, 0) is 59.8 Å². The van der Waals surface area contributed by atoms with E-state index < -0.39 is 0 Å². The fraction of sp³-hybridized carbons (Fsp3) is 0.500. The number of nitrogens with zero attached hydrogens (tertiary/aromatic N) is 1. The fourth-order valence-electron chi connectivity index (χ4n) is 2.43. The molecule has 22 heavy (non-hydrogen) atoms. The molecule has 2 rings (SSSR count).